The minimum Gasteiger partial charge on any atom is -0.365 e. The lowest BCUT2D eigenvalue weighted by Crippen LogP contribution is -2.47. The quantitative estimate of drug-likeness (QED) is 0.890. The van der Waals surface area contributed by atoms with Gasteiger partial charge in [-0.05, 0) is 51.2 Å². The summed E-state index contributed by atoms with van der Waals surface area (Å²) in [6, 6.07) is 3.18. The van der Waals surface area contributed by atoms with Gasteiger partial charge in [-0.25, -0.2) is 4.98 Å². The molecule has 2 heterocycles. The molecule has 0 unspecified atom stereocenters. The third-order valence-corrected chi connectivity index (χ3v) is 5.58. The Morgan fingerprint density at radius 1 is 1.12 bits per heavy atom. The van der Waals surface area contributed by atoms with Gasteiger partial charge in [0.05, 0.1) is 5.56 Å². The third-order valence-electron chi connectivity index (χ3n) is 5.58. The van der Waals surface area contributed by atoms with Crippen molar-refractivity contribution in [1.29, 1.82) is 0 Å². The van der Waals surface area contributed by atoms with Gasteiger partial charge in [-0.15, -0.1) is 0 Å². The molecule has 0 aromatic carbocycles. The standard InChI is InChI=1S/C19H30N4O/c1-13-12-17(18(20)24)19(21-14(13)2)23-10-8-16(9-11-23)22-15-6-4-3-5-7-15/h12,15-16,22H,3-11H2,1-2H3,(H2,20,24). The van der Waals surface area contributed by atoms with Gasteiger partial charge in [0.15, 0.2) is 0 Å². The van der Waals surface area contributed by atoms with Crippen molar-refractivity contribution in [2.75, 3.05) is 18.0 Å². The molecule has 1 aliphatic heterocycles. The second-order valence-electron chi connectivity index (χ2n) is 7.39. The molecule has 5 heteroatoms. The van der Waals surface area contributed by atoms with Crippen LogP contribution in [0, 0.1) is 13.8 Å². The number of nitrogens with one attached hydrogen (secondary N) is 1. The molecule has 3 N–H and O–H groups in total. The molecular weight excluding hydrogens is 300 g/mol. The van der Waals surface area contributed by atoms with E-state index < -0.39 is 0 Å². The van der Waals surface area contributed by atoms with Crippen molar-refractivity contribution in [2.45, 2.75) is 70.9 Å². The van der Waals surface area contributed by atoms with Crippen LogP contribution in [0.25, 0.3) is 0 Å². The average molecular weight is 330 g/mol. The Balaban J connectivity index is 1.64. The number of rotatable bonds is 4. The largest absolute Gasteiger partial charge is 0.365 e. The highest BCUT2D eigenvalue weighted by molar-refractivity contribution is 5.98. The first-order valence-corrected chi connectivity index (χ1v) is 9.33. The van der Waals surface area contributed by atoms with E-state index in [1.54, 1.807) is 0 Å². The number of hydrogen-bond acceptors (Lipinski definition) is 4. The fourth-order valence-corrected chi connectivity index (χ4v) is 3.98. The fraction of sp³-hybridized carbons (Fsp3) is 0.684. The average Bonchev–Trinajstić information content (AvgIpc) is 2.58. The first-order valence-electron chi connectivity index (χ1n) is 9.33. The summed E-state index contributed by atoms with van der Waals surface area (Å²) in [4.78, 5) is 18.7. The summed E-state index contributed by atoms with van der Waals surface area (Å²) in [5.74, 6) is 0.379. The van der Waals surface area contributed by atoms with Crippen molar-refractivity contribution in [3.8, 4) is 0 Å². The first kappa shape index (κ1) is 17.2. The number of pyridine rings is 1. The molecule has 1 saturated carbocycles. The summed E-state index contributed by atoms with van der Waals surface area (Å²) in [5.41, 5.74) is 8.11. The molecule has 132 valence electrons. The van der Waals surface area contributed by atoms with Crippen LogP contribution in [-0.2, 0) is 0 Å². The Labute approximate surface area is 145 Å². The molecule has 0 bridgehead atoms. The molecule has 1 aliphatic carbocycles. The van der Waals surface area contributed by atoms with Crippen LogP contribution in [0.5, 0.6) is 0 Å². The number of carbonyl (C=O) groups is 1. The predicted molar refractivity (Wildman–Crippen MR) is 97.5 cm³/mol. The maximum Gasteiger partial charge on any atom is 0.252 e. The molecule has 1 amide bonds. The number of nitrogens with two attached hydrogens (primary N) is 1. The zero-order chi connectivity index (χ0) is 17.1. The Morgan fingerprint density at radius 3 is 2.38 bits per heavy atom. The van der Waals surface area contributed by atoms with E-state index in [2.05, 4.69) is 15.2 Å². The van der Waals surface area contributed by atoms with Crippen molar-refractivity contribution >= 4 is 11.7 Å². The van der Waals surface area contributed by atoms with Crippen LogP contribution in [0.1, 0.15) is 66.6 Å². The lowest BCUT2D eigenvalue weighted by atomic mass is 9.93. The van der Waals surface area contributed by atoms with Crippen LogP contribution in [0.3, 0.4) is 0 Å². The summed E-state index contributed by atoms with van der Waals surface area (Å²) in [6.07, 6.45) is 8.98. The van der Waals surface area contributed by atoms with Gasteiger partial charge < -0.3 is 16.0 Å². The zero-order valence-electron chi connectivity index (χ0n) is 15.0. The van der Waals surface area contributed by atoms with Crippen LogP contribution in [0.2, 0.25) is 0 Å². The topological polar surface area (TPSA) is 71.2 Å². The summed E-state index contributed by atoms with van der Waals surface area (Å²) in [5, 5.41) is 3.85. The number of aryl methyl sites for hydroxylation is 2. The smallest absolute Gasteiger partial charge is 0.252 e. The van der Waals surface area contributed by atoms with E-state index in [1.165, 1.54) is 32.1 Å². The SMILES string of the molecule is Cc1cc(C(N)=O)c(N2CCC(NC3CCCCC3)CC2)nc1C. The predicted octanol–water partition coefficient (Wildman–Crippen LogP) is 2.69. The highest BCUT2D eigenvalue weighted by Crippen LogP contribution is 2.25. The number of aromatic nitrogens is 1. The molecule has 3 rings (SSSR count). The first-order chi connectivity index (χ1) is 11.5. The maximum atomic E-state index is 11.8. The van der Waals surface area contributed by atoms with Gasteiger partial charge in [-0.3, -0.25) is 4.79 Å². The number of nitrogens with zero attached hydrogens (tertiary/aromatic N) is 2. The normalized spacial score (nSPS) is 20.3. The van der Waals surface area contributed by atoms with Crippen molar-refractivity contribution in [1.82, 2.24) is 10.3 Å². The van der Waals surface area contributed by atoms with Crippen molar-refractivity contribution in [3.05, 3.63) is 22.9 Å². The van der Waals surface area contributed by atoms with E-state index in [0.29, 0.717) is 17.6 Å². The Bertz CT molecular complexity index is 587. The molecule has 0 radical (unpaired) electrons. The van der Waals surface area contributed by atoms with Gasteiger partial charge in [0.25, 0.3) is 5.91 Å². The van der Waals surface area contributed by atoms with E-state index in [9.17, 15) is 4.79 Å². The molecule has 0 spiro atoms. The van der Waals surface area contributed by atoms with Crippen molar-refractivity contribution in [2.24, 2.45) is 5.73 Å². The third kappa shape index (κ3) is 3.89. The van der Waals surface area contributed by atoms with Gasteiger partial charge in [0, 0.05) is 30.9 Å². The molecule has 1 aromatic heterocycles. The molecule has 2 aliphatic rings. The highest BCUT2D eigenvalue weighted by Gasteiger charge is 2.25. The van der Waals surface area contributed by atoms with Gasteiger partial charge in [-0.1, -0.05) is 19.3 Å². The van der Waals surface area contributed by atoms with Gasteiger partial charge >= 0.3 is 0 Å². The molecule has 1 aromatic rings. The minimum atomic E-state index is -0.386. The van der Waals surface area contributed by atoms with E-state index >= 15 is 0 Å². The van der Waals surface area contributed by atoms with E-state index in [0.717, 1.165) is 43.0 Å². The number of primary amides is 1. The van der Waals surface area contributed by atoms with Crippen LogP contribution in [-0.4, -0.2) is 36.1 Å². The van der Waals surface area contributed by atoms with Gasteiger partial charge in [0.2, 0.25) is 0 Å². The van der Waals surface area contributed by atoms with Crippen LogP contribution < -0.4 is 16.0 Å². The number of anilines is 1. The monoisotopic (exact) mass is 330 g/mol. The van der Waals surface area contributed by atoms with Crippen molar-refractivity contribution in [3.63, 3.8) is 0 Å². The number of amides is 1. The van der Waals surface area contributed by atoms with E-state index in [4.69, 9.17) is 5.73 Å². The Hall–Kier alpha value is -1.62. The van der Waals surface area contributed by atoms with Gasteiger partial charge in [-0.2, -0.15) is 0 Å². The Kier molecular flexibility index (Phi) is 5.39. The number of carbonyl (C=O) groups excluding carboxylic acids is 1. The summed E-state index contributed by atoms with van der Waals surface area (Å²) >= 11 is 0. The Morgan fingerprint density at radius 2 is 1.75 bits per heavy atom. The van der Waals surface area contributed by atoms with Crippen molar-refractivity contribution < 1.29 is 4.79 Å². The second-order valence-corrected chi connectivity index (χ2v) is 7.39. The molecule has 1 saturated heterocycles. The minimum absolute atomic E-state index is 0.386. The van der Waals surface area contributed by atoms with Crippen LogP contribution in [0.4, 0.5) is 5.82 Å². The van der Waals surface area contributed by atoms with E-state index in [1.807, 2.05) is 19.9 Å². The molecule has 5 nitrogen and oxygen atoms in total. The highest BCUT2D eigenvalue weighted by atomic mass is 16.1. The second kappa shape index (κ2) is 7.51. The molecular formula is C19H30N4O. The fourth-order valence-electron chi connectivity index (χ4n) is 3.98. The van der Waals surface area contributed by atoms with Crippen LogP contribution >= 0.6 is 0 Å². The summed E-state index contributed by atoms with van der Waals surface area (Å²) < 4.78 is 0. The van der Waals surface area contributed by atoms with E-state index in [-0.39, 0.29) is 5.91 Å². The lowest BCUT2D eigenvalue weighted by molar-refractivity contribution is 0.100. The molecule has 2 fully saturated rings. The van der Waals surface area contributed by atoms with Crippen LogP contribution in [0.15, 0.2) is 6.07 Å². The molecule has 0 atom stereocenters. The zero-order valence-corrected chi connectivity index (χ0v) is 15.0. The summed E-state index contributed by atoms with van der Waals surface area (Å²) in [6.45, 7) is 5.82. The lowest BCUT2D eigenvalue weighted by Gasteiger charge is -2.36. The maximum absolute atomic E-state index is 11.8. The number of hydrogen-bond donors (Lipinski definition) is 2. The number of piperidine rings is 1. The molecule has 24 heavy (non-hydrogen) atoms. The van der Waals surface area contributed by atoms with Gasteiger partial charge in [0.1, 0.15) is 5.82 Å². The summed E-state index contributed by atoms with van der Waals surface area (Å²) in [7, 11) is 0.